The molecular weight excluding hydrogens is 260 g/mol. The number of hydrogen-bond donors (Lipinski definition) is 1. The first kappa shape index (κ1) is 15.5. The van der Waals surface area contributed by atoms with Gasteiger partial charge in [-0.1, -0.05) is 32.0 Å². The van der Waals surface area contributed by atoms with Gasteiger partial charge in [0.15, 0.2) is 0 Å². The fourth-order valence-electron chi connectivity index (χ4n) is 2.11. The summed E-state index contributed by atoms with van der Waals surface area (Å²) in [4.78, 5) is 4.53. The van der Waals surface area contributed by atoms with Crippen molar-refractivity contribution in [2.45, 2.75) is 34.2 Å². The molecule has 1 aromatic carbocycles. The Kier molecular flexibility index (Phi) is 5.34. The van der Waals surface area contributed by atoms with Crippen LogP contribution in [0.4, 0.5) is 0 Å². The third-order valence-electron chi connectivity index (χ3n) is 3.25. The van der Waals surface area contributed by atoms with E-state index < -0.39 is 0 Å². The zero-order valence-electron chi connectivity index (χ0n) is 13.3. The molecule has 0 spiro atoms. The van der Waals surface area contributed by atoms with Crippen LogP contribution in [0.1, 0.15) is 30.7 Å². The lowest BCUT2D eigenvalue weighted by atomic mass is 10.2. The van der Waals surface area contributed by atoms with Gasteiger partial charge in [0.05, 0.1) is 0 Å². The minimum Gasteiger partial charge on any atom is -0.439 e. The molecule has 0 aliphatic rings. The van der Waals surface area contributed by atoms with Crippen molar-refractivity contribution in [2.24, 2.45) is 5.92 Å². The van der Waals surface area contributed by atoms with E-state index in [2.05, 4.69) is 43.2 Å². The number of hydrogen-bond acceptors (Lipinski definition) is 3. The van der Waals surface area contributed by atoms with Crippen LogP contribution < -0.4 is 10.1 Å². The van der Waals surface area contributed by atoms with Crippen molar-refractivity contribution in [3.05, 3.63) is 53.2 Å². The molecule has 1 heterocycles. The molecule has 0 fully saturated rings. The Hall–Kier alpha value is -1.87. The summed E-state index contributed by atoms with van der Waals surface area (Å²) in [5, 5.41) is 3.44. The normalized spacial score (nSPS) is 10.9. The summed E-state index contributed by atoms with van der Waals surface area (Å²) in [5.41, 5.74) is 3.40. The van der Waals surface area contributed by atoms with Gasteiger partial charge in [0.2, 0.25) is 5.88 Å². The maximum absolute atomic E-state index is 5.81. The van der Waals surface area contributed by atoms with E-state index in [0.29, 0.717) is 11.8 Å². The molecule has 0 bridgehead atoms. The largest absolute Gasteiger partial charge is 0.439 e. The van der Waals surface area contributed by atoms with Gasteiger partial charge >= 0.3 is 0 Å². The number of pyridine rings is 1. The van der Waals surface area contributed by atoms with Crippen molar-refractivity contribution in [1.29, 1.82) is 0 Å². The van der Waals surface area contributed by atoms with Crippen LogP contribution in [0.2, 0.25) is 0 Å². The van der Waals surface area contributed by atoms with E-state index in [1.165, 1.54) is 11.1 Å². The van der Waals surface area contributed by atoms with Gasteiger partial charge in [-0.15, -0.1) is 0 Å². The van der Waals surface area contributed by atoms with E-state index >= 15 is 0 Å². The highest BCUT2D eigenvalue weighted by Gasteiger charge is 2.04. The lowest BCUT2D eigenvalue weighted by molar-refractivity contribution is 0.460. The summed E-state index contributed by atoms with van der Waals surface area (Å²) in [6.45, 7) is 10.3. The van der Waals surface area contributed by atoms with Gasteiger partial charge in [-0.05, 0) is 49.6 Å². The van der Waals surface area contributed by atoms with Crippen LogP contribution >= 0.6 is 0 Å². The molecule has 1 aromatic heterocycles. The van der Waals surface area contributed by atoms with Crippen LogP contribution in [0.15, 0.2) is 36.4 Å². The first-order valence-corrected chi connectivity index (χ1v) is 7.46. The van der Waals surface area contributed by atoms with Gasteiger partial charge < -0.3 is 10.1 Å². The van der Waals surface area contributed by atoms with Gasteiger partial charge in [-0.25, -0.2) is 4.98 Å². The lowest BCUT2D eigenvalue weighted by Gasteiger charge is -2.11. The minimum atomic E-state index is 0.644. The summed E-state index contributed by atoms with van der Waals surface area (Å²) < 4.78 is 5.81. The van der Waals surface area contributed by atoms with Crippen LogP contribution in [-0.4, -0.2) is 11.5 Å². The molecule has 3 heteroatoms. The van der Waals surface area contributed by atoms with Gasteiger partial charge in [0.25, 0.3) is 0 Å². The Morgan fingerprint density at radius 1 is 1.14 bits per heavy atom. The molecule has 0 unspecified atom stereocenters. The quantitative estimate of drug-likeness (QED) is 0.861. The Labute approximate surface area is 127 Å². The third kappa shape index (κ3) is 4.87. The Morgan fingerprint density at radius 2 is 1.95 bits per heavy atom. The molecule has 0 aliphatic carbocycles. The summed E-state index contributed by atoms with van der Waals surface area (Å²) >= 11 is 0. The monoisotopic (exact) mass is 284 g/mol. The molecule has 0 saturated heterocycles. The average molecular weight is 284 g/mol. The molecule has 0 radical (unpaired) electrons. The van der Waals surface area contributed by atoms with E-state index in [1.807, 2.05) is 31.2 Å². The zero-order chi connectivity index (χ0) is 15.2. The summed E-state index contributed by atoms with van der Waals surface area (Å²) in [6, 6.07) is 12.0. The summed E-state index contributed by atoms with van der Waals surface area (Å²) in [7, 11) is 0. The van der Waals surface area contributed by atoms with Crippen LogP contribution in [0.3, 0.4) is 0 Å². The Morgan fingerprint density at radius 3 is 2.62 bits per heavy atom. The first-order chi connectivity index (χ1) is 10.0. The summed E-state index contributed by atoms with van der Waals surface area (Å²) in [6.07, 6.45) is 0. The van der Waals surface area contributed by atoms with Crippen molar-refractivity contribution in [3.8, 4) is 11.6 Å². The number of rotatable bonds is 6. The highest BCUT2D eigenvalue weighted by atomic mass is 16.5. The number of aromatic nitrogens is 1. The van der Waals surface area contributed by atoms with Gasteiger partial charge in [-0.3, -0.25) is 0 Å². The van der Waals surface area contributed by atoms with Crippen molar-refractivity contribution >= 4 is 0 Å². The minimum absolute atomic E-state index is 0.644. The number of ether oxygens (including phenoxy) is 1. The van der Waals surface area contributed by atoms with Gasteiger partial charge in [0.1, 0.15) is 5.75 Å². The molecule has 112 valence electrons. The molecule has 1 N–H and O–H groups in total. The van der Waals surface area contributed by atoms with Crippen molar-refractivity contribution in [2.75, 3.05) is 6.54 Å². The zero-order valence-corrected chi connectivity index (χ0v) is 13.3. The van der Waals surface area contributed by atoms with Crippen LogP contribution in [0.25, 0.3) is 0 Å². The fraction of sp³-hybridized carbons (Fsp3) is 0.389. The third-order valence-corrected chi connectivity index (χ3v) is 3.25. The van der Waals surface area contributed by atoms with Crippen LogP contribution in [0.5, 0.6) is 11.6 Å². The highest BCUT2D eigenvalue weighted by molar-refractivity contribution is 5.32. The molecule has 0 atom stereocenters. The predicted octanol–water partition coefficient (Wildman–Crippen LogP) is 4.24. The maximum atomic E-state index is 5.81. The van der Waals surface area contributed by atoms with Gasteiger partial charge in [-0.2, -0.15) is 0 Å². The number of aryl methyl sites for hydroxylation is 2. The van der Waals surface area contributed by atoms with E-state index in [9.17, 15) is 0 Å². The highest BCUT2D eigenvalue weighted by Crippen LogP contribution is 2.21. The van der Waals surface area contributed by atoms with Gasteiger partial charge in [0, 0.05) is 18.3 Å². The molecule has 3 nitrogen and oxygen atoms in total. The Bertz CT molecular complexity index is 594. The molecule has 21 heavy (non-hydrogen) atoms. The number of benzene rings is 1. The predicted molar refractivity (Wildman–Crippen MR) is 86.8 cm³/mol. The Balaban J connectivity index is 2.01. The number of nitrogens with one attached hydrogen (secondary N) is 1. The second-order valence-electron chi connectivity index (χ2n) is 5.84. The van der Waals surface area contributed by atoms with E-state index in [-0.39, 0.29) is 0 Å². The SMILES string of the molecule is Cc1cccc(Oc2ccc(CNCC(C)C)c(C)n2)c1. The summed E-state index contributed by atoms with van der Waals surface area (Å²) in [5.74, 6) is 2.13. The molecular formula is C18H24N2O. The fourth-order valence-corrected chi connectivity index (χ4v) is 2.11. The molecule has 2 aromatic rings. The standard InChI is InChI=1S/C18H24N2O/c1-13(2)11-19-12-16-8-9-18(20-15(16)4)21-17-7-5-6-14(3)10-17/h5-10,13,19H,11-12H2,1-4H3. The van der Waals surface area contributed by atoms with Crippen LogP contribution in [0, 0.1) is 19.8 Å². The van der Waals surface area contributed by atoms with E-state index in [4.69, 9.17) is 4.74 Å². The van der Waals surface area contributed by atoms with Crippen molar-refractivity contribution < 1.29 is 4.74 Å². The second kappa shape index (κ2) is 7.23. The molecule has 0 amide bonds. The molecule has 0 saturated carbocycles. The maximum Gasteiger partial charge on any atom is 0.219 e. The average Bonchev–Trinajstić information content (AvgIpc) is 2.41. The van der Waals surface area contributed by atoms with Crippen LogP contribution in [-0.2, 0) is 6.54 Å². The van der Waals surface area contributed by atoms with Crippen molar-refractivity contribution in [1.82, 2.24) is 10.3 Å². The first-order valence-electron chi connectivity index (χ1n) is 7.46. The topological polar surface area (TPSA) is 34.1 Å². The lowest BCUT2D eigenvalue weighted by Crippen LogP contribution is -2.19. The number of nitrogens with zero attached hydrogens (tertiary/aromatic N) is 1. The molecule has 0 aliphatic heterocycles. The van der Waals surface area contributed by atoms with Crippen molar-refractivity contribution in [3.63, 3.8) is 0 Å². The van der Waals surface area contributed by atoms with E-state index in [1.54, 1.807) is 0 Å². The smallest absolute Gasteiger partial charge is 0.219 e. The molecule has 2 rings (SSSR count). The second-order valence-corrected chi connectivity index (χ2v) is 5.84. The van der Waals surface area contributed by atoms with E-state index in [0.717, 1.165) is 24.5 Å².